The first kappa shape index (κ1) is 15.5. The lowest BCUT2D eigenvalue weighted by molar-refractivity contribution is 0.122. The van der Waals surface area contributed by atoms with Gasteiger partial charge >= 0.3 is 6.03 Å². The fraction of sp³-hybridized carbons (Fsp3) is 0.375. The molecule has 0 unspecified atom stereocenters. The van der Waals surface area contributed by atoms with E-state index in [1.807, 2.05) is 18.2 Å². The van der Waals surface area contributed by atoms with E-state index >= 15 is 0 Å². The second-order valence-corrected chi connectivity index (χ2v) is 5.66. The third-order valence-electron chi connectivity index (χ3n) is 3.88. The topological polar surface area (TPSA) is 59.0 Å². The van der Waals surface area contributed by atoms with E-state index in [2.05, 4.69) is 27.9 Å². The number of nitrogens with zero attached hydrogens (tertiary/aromatic N) is 2. The first-order chi connectivity index (χ1) is 11.1. The van der Waals surface area contributed by atoms with Gasteiger partial charge < -0.3 is 5.32 Å². The summed E-state index contributed by atoms with van der Waals surface area (Å²) >= 11 is 0. The molecule has 0 bridgehead atoms. The van der Waals surface area contributed by atoms with Crippen molar-refractivity contribution < 1.29 is 13.6 Å². The Labute approximate surface area is 132 Å². The van der Waals surface area contributed by atoms with E-state index < -0.39 is 13.0 Å². The van der Waals surface area contributed by atoms with Crippen LogP contribution in [0.1, 0.15) is 17.9 Å². The zero-order chi connectivity index (χ0) is 16.2. The summed E-state index contributed by atoms with van der Waals surface area (Å²) in [5.74, 6) is 1.21. The van der Waals surface area contributed by atoms with Crippen molar-refractivity contribution in [1.82, 2.24) is 15.1 Å². The smallest absolute Gasteiger partial charge is 0.320 e. The molecule has 2 aromatic rings. The van der Waals surface area contributed by atoms with Crippen LogP contribution in [0.15, 0.2) is 42.6 Å². The molecular formula is C16H18F2N4O. The SMILES string of the molecule is O=C(NC[C@@H]1C[C@@H]1c1ccccc1)Nc1ccn(CC(F)F)n1. The van der Waals surface area contributed by atoms with Crippen LogP contribution in [0.4, 0.5) is 19.4 Å². The van der Waals surface area contributed by atoms with Crippen LogP contribution in [0.2, 0.25) is 0 Å². The second kappa shape index (κ2) is 6.76. The van der Waals surface area contributed by atoms with Crippen molar-refractivity contribution in [3.05, 3.63) is 48.2 Å². The number of alkyl halides is 2. The molecule has 5 nitrogen and oxygen atoms in total. The number of carbonyl (C=O) groups excluding carboxylic acids is 1. The molecule has 1 saturated carbocycles. The lowest BCUT2D eigenvalue weighted by Gasteiger charge is -2.05. The van der Waals surface area contributed by atoms with Crippen LogP contribution in [-0.4, -0.2) is 28.8 Å². The second-order valence-electron chi connectivity index (χ2n) is 5.66. The molecule has 3 rings (SSSR count). The van der Waals surface area contributed by atoms with Crippen molar-refractivity contribution in [3.63, 3.8) is 0 Å². The molecule has 1 fully saturated rings. The highest BCUT2D eigenvalue weighted by Gasteiger charge is 2.38. The number of halogens is 2. The molecule has 0 saturated heterocycles. The number of aromatic nitrogens is 2. The summed E-state index contributed by atoms with van der Waals surface area (Å²) in [4.78, 5) is 11.8. The van der Waals surface area contributed by atoms with Crippen molar-refractivity contribution in [2.24, 2.45) is 5.92 Å². The molecule has 2 amide bonds. The molecule has 2 atom stereocenters. The van der Waals surface area contributed by atoms with Crippen molar-refractivity contribution >= 4 is 11.8 Å². The third-order valence-corrected chi connectivity index (χ3v) is 3.88. The molecule has 0 spiro atoms. The van der Waals surface area contributed by atoms with Gasteiger partial charge in [0.2, 0.25) is 0 Å². The standard InChI is InChI=1S/C16H18F2N4O/c17-14(18)10-22-7-6-15(21-22)20-16(23)19-9-12-8-13(12)11-4-2-1-3-5-11/h1-7,12-14H,8-10H2,(H2,19,20,21,23)/t12-,13+/m0/s1. The molecule has 23 heavy (non-hydrogen) atoms. The average molecular weight is 320 g/mol. The van der Waals surface area contributed by atoms with Crippen LogP contribution in [-0.2, 0) is 6.54 Å². The van der Waals surface area contributed by atoms with Crippen molar-refractivity contribution in [2.75, 3.05) is 11.9 Å². The fourth-order valence-electron chi connectivity index (χ4n) is 2.64. The Balaban J connectivity index is 1.41. The third kappa shape index (κ3) is 4.28. The Morgan fingerprint density at radius 1 is 1.30 bits per heavy atom. The molecule has 1 heterocycles. The average Bonchev–Trinajstić information content (AvgIpc) is 3.19. The summed E-state index contributed by atoms with van der Waals surface area (Å²) < 4.78 is 25.6. The number of hydrogen-bond acceptors (Lipinski definition) is 2. The van der Waals surface area contributed by atoms with Gasteiger partial charge in [-0.15, -0.1) is 0 Å². The van der Waals surface area contributed by atoms with Gasteiger partial charge in [-0.05, 0) is 23.8 Å². The molecule has 1 aromatic carbocycles. The van der Waals surface area contributed by atoms with Crippen LogP contribution >= 0.6 is 0 Å². The zero-order valence-electron chi connectivity index (χ0n) is 12.5. The summed E-state index contributed by atoms with van der Waals surface area (Å²) in [6.07, 6.45) is 0.00266. The Morgan fingerprint density at radius 2 is 2.09 bits per heavy atom. The summed E-state index contributed by atoms with van der Waals surface area (Å²) in [6, 6.07) is 11.3. The van der Waals surface area contributed by atoms with Crippen molar-refractivity contribution in [3.8, 4) is 0 Å². The van der Waals surface area contributed by atoms with E-state index in [9.17, 15) is 13.6 Å². The number of nitrogens with one attached hydrogen (secondary N) is 2. The number of carbonyl (C=O) groups is 1. The Hall–Kier alpha value is -2.44. The Bertz CT molecular complexity index is 659. The van der Waals surface area contributed by atoms with E-state index in [4.69, 9.17) is 0 Å². The van der Waals surface area contributed by atoms with Crippen molar-refractivity contribution in [2.45, 2.75) is 25.3 Å². The summed E-state index contributed by atoms with van der Waals surface area (Å²) in [6.45, 7) is 0.104. The van der Waals surface area contributed by atoms with E-state index in [1.54, 1.807) is 0 Å². The molecule has 1 aromatic heterocycles. The molecule has 0 radical (unpaired) electrons. The van der Waals surface area contributed by atoms with E-state index in [0.29, 0.717) is 18.4 Å². The first-order valence-corrected chi connectivity index (χ1v) is 7.53. The summed E-state index contributed by atoms with van der Waals surface area (Å²) in [7, 11) is 0. The molecule has 1 aliphatic carbocycles. The minimum Gasteiger partial charge on any atom is -0.338 e. The van der Waals surface area contributed by atoms with Gasteiger partial charge in [-0.2, -0.15) is 5.10 Å². The zero-order valence-corrected chi connectivity index (χ0v) is 12.5. The summed E-state index contributed by atoms with van der Waals surface area (Å²) in [5, 5.41) is 9.20. The van der Waals surface area contributed by atoms with E-state index in [1.165, 1.54) is 17.8 Å². The van der Waals surface area contributed by atoms with Crippen LogP contribution in [0, 0.1) is 5.92 Å². The molecule has 1 aliphatic rings. The van der Waals surface area contributed by atoms with Gasteiger partial charge in [-0.25, -0.2) is 13.6 Å². The molecule has 0 aliphatic heterocycles. The first-order valence-electron chi connectivity index (χ1n) is 7.53. The van der Waals surface area contributed by atoms with E-state index in [0.717, 1.165) is 11.1 Å². The Morgan fingerprint density at radius 3 is 2.83 bits per heavy atom. The van der Waals surface area contributed by atoms with Gasteiger partial charge in [0.15, 0.2) is 5.82 Å². The maximum absolute atomic E-state index is 12.2. The van der Waals surface area contributed by atoms with Gasteiger partial charge in [0, 0.05) is 18.8 Å². The largest absolute Gasteiger partial charge is 0.338 e. The van der Waals surface area contributed by atoms with E-state index in [-0.39, 0.29) is 11.8 Å². The van der Waals surface area contributed by atoms with Gasteiger partial charge in [-0.3, -0.25) is 10.00 Å². The maximum atomic E-state index is 12.2. The van der Waals surface area contributed by atoms with Crippen LogP contribution in [0.5, 0.6) is 0 Å². The highest BCUT2D eigenvalue weighted by Crippen LogP contribution is 2.46. The fourth-order valence-corrected chi connectivity index (χ4v) is 2.64. The molecule has 122 valence electrons. The molecule has 7 heteroatoms. The Kier molecular flexibility index (Phi) is 4.55. The lowest BCUT2D eigenvalue weighted by Crippen LogP contribution is -2.30. The number of hydrogen-bond donors (Lipinski definition) is 2. The summed E-state index contributed by atoms with van der Waals surface area (Å²) in [5.41, 5.74) is 1.30. The molecular weight excluding hydrogens is 302 g/mol. The lowest BCUT2D eigenvalue weighted by atomic mass is 10.1. The highest BCUT2D eigenvalue weighted by molar-refractivity contribution is 5.88. The maximum Gasteiger partial charge on any atom is 0.320 e. The van der Waals surface area contributed by atoms with Crippen LogP contribution in [0.25, 0.3) is 0 Å². The van der Waals surface area contributed by atoms with Gasteiger partial charge in [0.05, 0.1) is 0 Å². The predicted molar refractivity (Wildman–Crippen MR) is 82.5 cm³/mol. The van der Waals surface area contributed by atoms with Gasteiger partial charge in [0.1, 0.15) is 6.54 Å². The number of rotatable bonds is 6. The van der Waals surface area contributed by atoms with Crippen LogP contribution in [0.3, 0.4) is 0 Å². The highest BCUT2D eigenvalue weighted by atomic mass is 19.3. The minimum absolute atomic E-state index is 0.263. The minimum atomic E-state index is -2.47. The van der Waals surface area contributed by atoms with Gasteiger partial charge in [-0.1, -0.05) is 30.3 Å². The van der Waals surface area contributed by atoms with Crippen LogP contribution < -0.4 is 10.6 Å². The number of amides is 2. The molecule has 2 N–H and O–H groups in total. The monoisotopic (exact) mass is 320 g/mol. The number of urea groups is 1. The quantitative estimate of drug-likeness (QED) is 0.859. The predicted octanol–water partition coefficient (Wildman–Crippen LogP) is 3.07. The number of anilines is 1. The van der Waals surface area contributed by atoms with Gasteiger partial charge in [0.25, 0.3) is 6.43 Å². The number of benzene rings is 1. The normalized spacial score (nSPS) is 19.6. The van der Waals surface area contributed by atoms with Crippen molar-refractivity contribution in [1.29, 1.82) is 0 Å².